The van der Waals surface area contributed by atoms with Crippen LogP contribution < -0.4 is 0 Å². The quantitative estimate of drug-likeness (QED) is 0.0894. The summed E-state index contributed by atoms with van der Waals surface area (Å²) >= 11 is 0. The van der Waals surface area contributed by atoms with Gasteiger partial charge in [0.2, 0.25) is 0 Å². The van der Waals surface area contributed by atoms with E-state index in [1.165, 1.54) is 69.4 Å². The number of ketones is 1. The molecule has 0 aromatic heterocycles. The first kappa shape index (κ1) is 49.8. The van der Waals surface area contributed by atoms with Crippen molar-refractivity contribution >= 4 is 5.78 Å². The molecule has 0 unspecified atom stereocenters. The fourth-order valence-corrected chi connectivity index (χ4v) is 6.61. The largest absolute Gasteiger partial charge is 0.378 e. The minimum Gasteiger partial charge on any atom is -0.378 e. The van der Waals surface area contributed by atoms with Crippen LogP contribution in [0.3, 0.4) is 0 Å². The molecule has 0 fully saturated rings. The Hall–Kier alpha value is -3.23. The van der Waals surface area contributed by atoms with Crippen molar-refractivity contribution in [1.29, 1.82) is 0 Å². The summed E-state index contributed by atoms with van der Waals surface area (Å²) in [6.45, 7) is 26.0. The van der Waals surface area contributed by atoms with Gasteiger partial charge in [-0.25, -0.2) is 0 Å². The number of aliphatic hydroxyl groups is 1. The lowest BCUT2D eigenvalue weighted by molar-refractivity contribution is -0.112. The molecule has 0 aromatic rings. The Morgan fingerprint density at radius 3 is 0.945 bits per heavy atom. The van der Waals surface area contributed by atoms with Crippen LogP contribution in [0, 0.1) is 6.10 Å². The van der Waals surface area contributed by atoms with Gasteiger partial charge in [-0.15, -0.1) is 0 Å². The molecule has 0 amide bonds. The van der Waals surface area contributed by atoms with Crippen molar-refractivity contribution < 1.29 is 9.90 Å². The molecular weight excluding hydrogens is 669 g/mol. The Balaban J connectivity index is 2.26. The van der Waals surface area contributed by atoms with Gasteiger partial charge in [0.25, 0.3) is 0 Å². The molecule has 55 heavy (non-hydrogen) atoms. The minimum atomic E-state index is 0.0493. The van der Waals surface area contributed by atoms with Gasteiger partial charge in [-0.3, -0.25) is 4.79 Å². The number of rotatable bonds is 26. The Morgan fingerprint density at radius 2 is 0.673 bits per heavy atom. The van der Waals surface area contributed by atoms with Crippen LogP contribution in [0.15, 0.2) is 128 Å². The van der Waals surface area contributed by atoms with Crippen molar-refractivity contribution in [3.63, 3.8) is 0 Å². The topological polar surface area (TPSA) is 37.3 Å². The van der Waals surface area contributed by atoms with E-state index in [0.717, 1.165) is 83.5 Å². The molecule has 0 heterocycles. The summed E-state index contributed by atoms with van der Waals surface area (Å²) in [5.41, 5.74) is 15.2. The van der Waals surface area contributed by atoms with Crippen molar-refractivity contribution in [3.05, 3.63) is 134 Å². The standard InChI is InChI=1S/C53H81O2/c1-40(2)21-13-22-41(3)23-14-24-42(4)25-15-26-43(5)27-16-28-44(6)29-17-30-45(7)31-18-32-46(8)33-19-34-47(9)35-20-36-48(10)37-38-51-39-52(54)49(11)50(12)53(51)55/h21,23,25,27,29,31,33,35,37,39,54H,13-20,22,24,26,28,30,32,34,36,38H2,1-12H3/b41-23+,42-25+,43-27+,44-29+,45-31+,46-33+,47-35+,48-37+. The zero-order valence-corrected chi connectivity index (χ0v) is 37.6. The summed E-state index contributed by atoms with van der Waals surface area (Å²) in [6.07, 6.45) is 42.0. The highest BCUT2D eigenvalue weighted by molar-refractivity contribution is 6.10. The van der Waals surface area contributed by atoms with E-state index in [1.54, 1.807) is 19.9 Å². The van der Waals surface area contributed by atoms with Gasteiger partial charge in [-0.2, -0.15) is 0 Å². The van der Waals surface area contributed by atoms with Crippen LogP contribution in [-0.4, -0.2) is 10.9 Å². The molecule has 1 radical (unpaired) electrons. The first-order valence-electron chi connectivity index (χ1n) is 21.5. The van der Waals surface area contributed by atoms with Gasteiger partial charge in [0, 0.05) is 5.57 Å². The maximum absolute atomic E-state index is 12.5. The molecule has 1 aliphatic rings. The molecule has 305 valence electrons. The Bertz CT molecular complexity index is 1540. The first-order chi connectivity index (χ1) is 26.1. The van der Waals surface area contributed by atoms with E-state index >= 15 is 0 Å². The van der Waals surface area contributed by atoms with Gasteiger partial charge in [-0.05, 0) is 209 Å². The molecular formula is C53H81O2. The van der Waals surface area contributed by atoms with Crippen molar-refractivity contribution in [1.82, 2.24) is 0 Å². The van der Waals surface area contributed by atoms with E-state index in [2.05, 4.69) is 124 Å². The number of carbonyl (C=O) groups is 1. The van der Waals surface area contributed by atoms with Gasteiger partial charge >= 0.3 is 0 Å². The van der Waals surface area contributed by atoms with Crippen molar-refractivity contribution in [2.45, 2.75) is 192 Å². The molecule has 2 nitrogen and oxygen atoms in total. The second kappa shape index (κ2) is 29.1. The van der Waals surface area contributed by atoms with Crippen LogP contribution >= 0.6 is 0 Å². The molecule has 1 N–H and O–H groups in total. The lowest BCUT2D eigenvalue weighted by Crippen LogP contribution is -2.15. The molecule has 0 aliphatic heterocycles. The van der Waals surface area contributed by atoms with Crippen molar-refractivity contribution in [2.24, 2.45) is 0 Å². The van der Waals surface area contributed by atoms with Gasteiger partial charge in [0.05, 0.1) is 0 Å². The van der Waals surface area contributed by atoms with Gasteiger partial charge in [-0.1, -0.05) is 105 Å². The summed E-state index contributed by atoms with van der Waals surface area (Å²) in [5.74, 6) is 0.0493. The number of carbonyl (C=O) groups excluding carboxylic acids is 1. The van der Waals surface area contributed by atoms with Crippen LogP contribution in [0.1, 0.15) is 192 Å². The summed E-state index contributed by atoms with van der Waals surface area (Å²) in [7, 11) is 0. The molecule has 2 heteroatoms. The third kappa shape index (κ3) is 24.8. The Kier molecular flexibility index (Phi) is 26.3. The second-order valence-corrected chi connectivity index (χ2v) is 16.8. The lowest BCUT2D eigenvalue weighted by atomic mass is 9.88. The van der Waals surface area contributed by atoms with Crippen molar-refractivity contribution in [2.75, 3.05) is 0 Å². The fraction of sp³-hybridized carbons (Fsp3) is 0.547. The minimum absolute atomic E-state index is 0.0493. The predicted octanol–water partition coefficient (Wildman–Crippen LogP) is 16.9. The monoisotopic (exact) mass is 750 g/mol. The molecule has 0 bridgehead atoms. The Labute approximate surface area is 340 Å². The van der Waals surface area contributed by atoms with Crippen LogP contribution in [0.5, 0.6) is 0 Å². The van der Waals surface area contributed by atoms with E-state index in [-0.39, 0.29) is 11.9 Å². The smallest absolute Gasteiger partial charge is 0.184 e. The number of allylic oxidation sites excluding steroid dienone is 20. The highest BCUT2D eigenvalue weighted by Gasteiger charge is 2.23. The van der Waals surface area contributed by atoms with Crippen LogP contribution in [0.2, 0.25) is 0 Å². The number of aliphatic hydroxyl groups excluding tert-OH is 1. The Morgan fingerprint density at radius 1 is 0.418 bits per heavy atom. The summed E-state index contributed by atoms with van der Waals surface area (Å²) in [5, 5.41) is 10.1. The average molecular weight is 750 g/mol. The second-order valence-electron chi connectivity index (χ2n) is 16.8. The zero-order valence-electron chi connectivity index (χ0n) is 37.6. The maximum Gasteiger partial charge on any atom is 0.184 e. The third-order valence-corrected chi connectivity index (χ3v) is 10.9. The van der Waals surface area contributed by atoms with Crippen LogP contribution in [0.25, 0.3) is 0 Å². The highest BCUT2D eigenvalue weighted by Crippen LogP contribution is 2.28. The normalized spacial score (nSPS) is 16.4. The van der Waals surface area contributed by atoms with Gasteiger partial charge < -0.3 is 5.11 Å². The number of hydrogen-bond acceptors (Lipinski definition) is 2. The maximum atomic E-state index is 12.5. The van der Waals surface area contributed by atoms with Crippen LogP contribution in [-0.2, 0) is 4.79 Å². The molecule has 1 rings (SSSR count). The first-order valence-corrected chi connectivity index (χ1v) is 21.5. The number of hydrogen-bond donors (Lipinski definition) is 1. The van der Waals surface area contributed by atoms with Crippen molar-refractivity contribution in [3.8, 4) is 0 Å². The molecule has 1 aliphatic carbocycles. The summed E-state index contributed by atoms with van der Waals surface area (Å²) < 4.78 is 0. The molecule has 0 atom stereocenters. The summed E-state index contributed by atoms with van der Waals surface area (Å²) in [4.78, 5) is 12.5. The van der Waals surface area contributed by atoms with E-state index in [4.69, 9.17) is 0 Å². The van der Waals surface area contributed by atoms with E-state index in [1.807, 2.05) is 0 Å². The predicted molar refractivity (Wildman–Crippen MR) is 245 cm³/mol. The average Bonchev–Trinajstić information content (AvgIpc) is 3.11. The number of Topliss-reactive ketones (excluding diaryl/α,β-unsaturated/α-hetero) is 1. The van der Waals surface area contributed by atoms with Crippen LogP contribution in [0.4, 0.5) is 0 Å². The van der Waals surface area contributed by atoms with E-state index in [0.29, 0.717) is 23.1 Å². The SMILES string of the molecule is CC(C)=CCC/C(C)=C/CC/C(C)=C/CC/C(C)=C/CC/C(C)=C/CC/C(C)=C/CC/C(C)=C/CC/C(C)=C/CC/C(C)=C/CC1=C[C](O)C(C)=C(C)C1=O. The molecule has 0 aromatic carbocycles. The van der Waals surface area contributed by atoms with Gasteiger partial charge in [0.15, 0.2) is 5.78 Å². The third-order valence-electron chi connectivity index (χ3n) is 10.9. The fourth-order valence-electron chi connectivity index (χ4n) is 6.61. The highest BCUT2D eigenvalue weighted by atomic mass is 16.3. The lowest BCUT2D eigenvalue weighted by Gasteiger charge is -2.18. The zero-order chi connectivity index (χ0) is 41.2. The van der Waals surface area contributed by atoms with Gasteiger partial charge in [0.1, 0.15) is 6.10 Å². The molecule has 0 spiro atoms. The molecule has 0 saturated carbocycles. The van der Waals surface area contributed by atoms with E-state index in [9.17, 15) is 9.90 Å². The van der Waals surface area contributed by atoms with E-state index < -0.39 is 0 Å². The molecule has 0 saturated heterocycles. The summed E-state index contributed by atoms with van der Waals surface area (Å²) in [6, 6.07) is 0.